The highest BCUT2D eigenvalue weighted by atomic mass is 16.5. The molecule has 1 saturated carbocycles. The van der Waals surface area contributed by atoms with Crippen molar-refractivity contribution < 1.29 is 9.53 Å². The van der Waals surface area contributed by atoms with Gasteiger partial charge in [-0.1, -0.05) is 25.8 Å². The molecule has 1 amide bonds. The summed E-state index contributed by atoms with van der Waals surface area (Å²) in [4.78, 5) is 16.4. The number of rotatable bonds is 5. The second-order valence-corrected chi connectivity index (χ2v) is 5.09. The average molecular weight is 262 g/mol. The molecule has 19 heavy (non-hydrogen) atoms. The summed E-state index contributed by atoms with van der Waals surface area (Å²) in [6, 6.07) is 5.59. The Balaban J connectivity index is 1.92. The molecule has 0 saturated heterocycles. The summed E-state index contributed by atoms with van der Waals surface area (Å²) in [6.45, 7) is 3.88. The average Bonchev–Trinajstić information content (AvgIpc) is 2.88. The zero-order valence-corrected chi connectivity index (χ0v) is 11.7. The van der Waals surface area contributed by atoms with E-state index in [1.165, 1.54) is 12.8 Å². The number of nitrogens with one attached hydrogen (secondary N) is 1. The lowest BCUT2D eigenvalue weighted by Gasteiger charge is -2.20. The molecule has 0 unspecified atom stereocenters. The quantitative estimate of drug-likeness (QED) is 0.887. The monoisotopic (exact) mass is 262 g/mol. The molecule has 2 rings (SSSR count). The second kappa shape index (κ2) is 6.66. The van der Waals surface area contributed by atoms with Gasteiger partial charge in [-0.15, -0.1) is 0 Å². The van der Waals surface area contributed by atoms with Gasteiger partial charge in [0.25, 0.3) is 5.91 Å². The molecule has 0 radical (unpaired) electrons. The van der Waals surface area contributed by atoms with Crippen molar-refractivity contribution in [1.29, 1.82) is 0 Å². The van der Waals surface area contributed by atoms with Gasteiger partial charge in [0.1, 0.15) is 11.9 Å². The van der Waals surface area contributed by atoms with Gasteiger partial charge < -0.3 is 10.1 Å². The summed E-state index contributed by atoms with van der Waals surface area (Å²) in [5.74, 6) is 0.506. The van der Waals surface area contributed by atoms with E-state index in [0.717, 1.165) is 18.5 Å². The van der Waals surface area contributed by atoms with Gasteiger partial charge in [-0.3, -0.25) is 4.79 Å². The van der Waals surface area contributed by atoms with Crippen molar-refractivity contribution in [3.63, 3.8) is 0 Å². The number of carbonyl (C=O) groups is 1. The van der Waals surface area contributed by atoms with Crippen molar-refractivity contribution in [2.24, 2.45) is 0 Å². The van der Waals surface area contributed by atoms with E-state index in [-0.39, 0.29) is 18.1 Å². The van der Waals surface area contributed by atoms with Crippen molar-refractivity contribution in [2.75, 3.05) is 5.32 Å². The van der Waals surface area contributed by atoms with E-state index < -0.39 is 0 Å². The zero-order valence-electron chi connectivity index (χ0n) is 11.7. The third-order valence-corrected chi connectivity index (χ3v) is 3.46. The van der Waals surface area contributed by atoms with Crippen molar-refractivity contribution in [2.45, 2.75) is 58.2 Å². The molecule has 1 aliphatic carbocycles. The van der Waals surface area contributed by atoms with E-state index in [1.54, 1.807) is 6.07 Å². The maximum Gasteiger partial charge on any atom is 0.254 e. The molecule has 1 aliphatic rings. The van der Waals surface area contributed by atoms with E-state index in [1.807, 2.05) is 26.0 Å². The predicted octanol–water partition coefficient (Wildman–Crippen LogP) is 3.07. The highest BCUT2D eigenvalue weighted by Gasteiger charge is 2.24. The van der Waals surface area contributed by atoms with Crippen LogP contribution in [0.4, 0.5) is 5.82 Å². The minimum absolute atomic E-state index is 0.0903. The van der Waals surface area contributed by atoms with Crippen LogP contribution < -0.4 is 5.32 Å². The van der Waals surface area contributed by atoms with Gasteiger partial charge in [0, 0.05) is 5.69 Å². The maximum absolute atomic E-state index is 12.2. The topological polar surface area (TPSA) is 51.2 Å². The summed E-state index contributed by atoms with van der Waals surface area (Å²) >= 11 is 0. The lowest BCUT2D eigenvalue weighted by Crippen LogP contribution is -2.33. The molecular weight excluding hydrogens is 240 g/mol. The van der Waals surface area contributed by atoms with Gasteiger partial charge in [-0.25, -0.2) is 4.98 Å². The van der Waals surface area contributed by atoms with Crippen LogP contribution in [-0.2, 0) is 9.53 Å². The van der Waals surface area contributed by atoms with Crippen LogP contribution in [0.15, 0.2) is 18.2 Å². The standard InChI is InChI=1S/C15H22N2O2/c1-3-13(19-12-8-4-5-9-12)15(18)17-14-10-6-7-11(2)16-14/h6-7,10,12-13H,3-5,8-9H2,1-2H3,(H,16,17,18)/t13-/m0/s1. The molecule has 0 bridgehead atoms. The number of nitrogens with zero attached hydrogens (tertiary/aromatic N) is 1. The minimum Gasteiger partial charge on any atom is -0.365 e. The molecule has 1 N–H and O–H groups in total. The Hall–Kier alpha value is -1.42. The van der Waals surface area contributed by atoms with Crippen LogP contribution in [0.3, 0.4) is 0 Å². The van der Waals surface area contributed by atoms with Crippen molar-refractivity contribution >= 4 is 11.7 Å². The Kier molecular flexibility index (Phi) is 4.91. The molecule has 1 heterocycles. The van der Waals surface area contributed by atoms with Crippen molar-refractivity contribution in [1.82, 2.24) is 4.98 Å². The van der Waals surface area contributed by atoms with Crippen LogP contribution in [0, 0.1) is 6.92 Å². The highest BCUT2D eigenvalue weighted by molar-refractivity contribution is 5.93. The fourth-order valence-corrected chi connectivity index (χ4v) is 2.42. The third kappa shape index (κ3) is 4.03. The predicted molar refractivity (Wildman–Crippen MR) is 75.0 cm³/mol. The Bertz CT molecular complexity index is 428. The first-order chi connectivity index (χ1) is 9.19. The summed E-state index contributed by atoms with van der Waals surface area (Å²) in [5.41, 5.74) is 0.891. The normalized spacial score (nSPS) is 17.4. The van der Waals surface area contributed by atoms with Gasteiger partial charge in [-0.05, 0) is 38.3 Å². The number of pyridine rings is 1. The van der Waals surface area contributed by atoms with Crippen LogP contribution in [0.25, 0.3) is 0 Å². The van der Waals surface area contributed by atoms with Crippen molar-refractivity contribution in [3.8, 4) is 0 Å². The lowest BCUT2D eigenvalue weighted by atomic mass is 10.2. The zero-order chi connectivity index (χ0) is 13.7. The van der Waals surface area contributed by atoms with Crippen LogP contribution in [0.2, 0.25) is 0 Å². The molecule has 1 atom stereocenters. The molecular formula is C15H22N2O2. The molecule has 4 heteroatoms. The Labute approximate surface area is 114 Å². The fourth-order valence-electron chi connectivity index (χ4n) is 2.42. The first-order valence-corrected chi connectivity index (χ1v) is 7.09. The number of hydrogen-bond donors (Lipinski definition) is 1. The molecule has 1 fully saturated rings. The summed E-state index contributed by atoms with van der Waals surface area (Å²) < 4.78 is 5.88. The second-order valence-electron chi connectivity index (χ2n) is 5.09. The number of ether oxygens (including phenoxy) is 1. The lowest BCUT2D eigenvalue weighted by molar-refractivity contribution is -0.131. The number of anilines is 1. The number of carbonyl (C=O) groups excluding carboxylic acids is 1. The van der Waals surface area contributed by atoms with Gasteiger partial charge in [0.2, 0.25) is 0 Å². The van der Waals surface area contributed by atoms with E-state index in [4.69, 9.17) is 4.74 Å². The molecule has 1 aromatic heterocycles. The van der Waals surface area contributed by atoms with Crippen LogP contribution in [0.1, 0.15) is 44.7 Å². The Morgan fingerprint density at radius 2 is 2.21 bits per heavy atom. The third-order valence-electron chi connectivity index (χ3n) is 3.46. The Morgan fingerprint density at radius 1 is 1.47 bits per heavy atom. The molecule has 4 nitrogen and oxygen atoms in total. The smallest absolute Gasteiger partial charge is 0.254 e. The largest absolute Gasteiger partial charge is 0.365 e. The van der Waals surface area contributed by atoms with Gasteiger partial charge in [0.05, 0.1) is 6.10 Å². The van der Waals surface area contributed by atoms with E-state index in [2.05, 4.69) is 10.3 Å². The summed E-state index contributed by atoms with van der Waals surface area (Å²) in [6.07, 6.45) is 5.14. The van der Waals surface area contributed by atoms with E-state index in [0.29, 0.717) is 12.2 Å². The maximum atomic E-state index is 12.2. The number of aromatic nitrogens is 1. The molecule has 0 aromatic carbocycles. The molecule has 104 valence electrons. The number of amides is 1. The Morgan fingerprint density at radius 3 is 2.84 bits per heavy atom. The summed E-state index contributed by atoms with van der Waals surface area (Å²) in [7, 11) is 0. The van der Waals surface area contributed by atoms with Crippen LogP contribution >= 0.6 is 0 Å². The summed E-state index contributed by atoms with van der Waals surface area (Å²) in [5, 5.41) is 2.83. The van der Waals surface area contributed by atoms with E-state index >= 15 is 0 Å². The van der Waals surface area contributed by atoms with Gasteiger partial charge >= 0.3 is 0 Å². The number of hydrogen-bond acceptors (Lipinski definition) is 3. The van der Waals surface area contributed by atoms with Gasteiger partial charge in [0.15, 0.2) is 0 Å². The van der Waals surface area contributed by atoms with Crippen molar-refractivity contribution in [3.05, 3.63) is 23.9 Å². The highest BCUT2D eigenvalue weighted by Crippen LogP contribution is 2.23. The van der Waals surface area contributed by atoms with Crippen LogP contribution in [0.5, 0.6) is 0 Å². The molecule has 0 spiro atoms. The SMILES string of the molecule is CC[C@H](OC1CCCC1)C(=O)Nc1cccc(C)n1. The number of aryl methyl sites for hydroxylation is 1. The fraction of sp³-hybridized carbons (Fsp3) is 0.600. The first kappa shape index (κ1) is 14.0. The van der Waals surface area contributed by atoms with Crippen LogP contribution in [-0.4, -0.2) is 23.1 Å². The van der Waals surface area contributed by atoms with Gasteiger partial charge in [-0.2, -0.15) is 0 Å². The molecule has 1 aromatic rings. The van der Waals surface area contributed by atoms with E-state index in [9.17, 15) is 4.79 Å². The first-order valence-electron chi connectivity index (χ1n) is 7.09. The molecule has 0 aliphatic heterocycles. The minimum atomic E-state index is -0.370.